The smallest absolute Gasteiger partial charge is 0.317 e. The number of aromatic amines is 1. The van der Waals surface area contributed by atoms with Crippen LogP contribution in [0, 0.1) is 6.92 Å². The molecule has 0 aliphatic carbocycles. The van der Waals surface area contributed by atoms with Crippen molar-refractivity contribution in [2.45, 2.75) is 19.4 Å². The summed E-state index contributed by atoms with van der Waals surface area (Å²) >= 11 is 0. The zero-order valence-corrected chi connectivity index (χ0v) is 12.8. The zero-order chi connectivity index (χ0) is 16.1. The number of carbonyl (C=O) groups excluding carboxylic acids is 1. The third-order valence-electron chi connectivity index (χ3n) is 3.37. The lowest BCUT2D eigenvalue weighted by Crippen LogP contribution is -2.42. The lowest BCUT2D eigenvalue weighted by molar-refractivity contribution is 0.0733. The number of likely N-dealkylation sites (N-methyl/N-ethyl adjacent to an activating group) is 1. The molecule has 0 radical (unpaired) electrons. The number of urea groups is 1. The minimum atomic E-state index is -0.922. The van der Waals surface area contributed by atoms with Crippen molar-refractivity contribution in [2.24, 2.45) is 0 Å². The molecule has 1 aromatic heterocycles. The van der Waals surface area contributed by atoms with E-state index >= 15 is 0 Å². The molecule has 2 rings (SSSR count). The quantitative estimate of drug-likeness (QED) is 0.621. The molecule has 1 aromatic carbocycles. The first kappa shape index (κ1) is 16.3. The molecule has 0 aliphatic rings. The number of nitrogens with one attached hydrogen (secondary N) is 2. The fraction of sp³-hybridized carbons (Fsp3) is 0.467. The Morgan fingerprint density at radius 3 is 3.00 bits per heavy atom. The van der Waals surface area contributed by atoms with E-state index in [4.69, 9.17) is 5.11 Å². The summed E-state index contributed by atoms with van der Waals surface area (Å²) in [6, 6.07) is 5.72. The monoisotopic (exact) mass is 306 g/mol. The highest BCUT2D eigenvalue weighted by Crippen LogP contribution is 2.13. The molecule has 0 fully saturated rings. The van der Waals surface area contributed by atoms with E-state index in [9.17, 15) is 9.90 Å². The normalized spacial score (nSPS) is 12.4. The second kappa shape index (κ2) is 7.24. The number of hydrogen-bond donors (Lipinski definition) is 4. The van der Waals surface area contributed by atoms with Crippen LogP contribution in [-0.2, 0) is 6.42 Å². The third-order valence-corrected chi connectivity index (χ3v) is 3.37. The number of aryl methyl sites for hydroxylation is 1. The Morgan fingerprint density at radius 2 is 2.27 bits per heavy atom. The second-order valence-corrected chi connectivity index (χ2v) is 5.40. The largest absolute Gasteiger partial charge is 0.394 e. The number of benzene rings is 1. The van der Waals surface area contributed by atoms with Gasteiger partial charge in [0.15, 0.2) is 0 Å². The highest BCUT2D eigenvalue weighted by atomic mass is 16.3. The van der Waals surface area contributed by atoms with Gasteiger partial charge in [0.1, 0.15) is 5.82 Å². The first-order valence-electron chi connectivity index (χ1n) is 7.22. The van der Waals surface area contributed by atoms with Gasteiger partial charge in [0.05, 0.1) is 30.3 Å². The number of imidazole rings is 1. The lowest BCUT2D eigenvalue weighted by Gasteiger charge is -2.20. The van der Waals surface area contributed by atoms with E-state index in [1.807, 2.05) is 25.1 Å². The van der Waals surface area contributed by atoms with Crippen LogP contribution in [0.3, 0.4) is 0 Å². The van der Waals surface area contributed by atoms with Crippen molar-refractivity contribution in [3.05, 3.63) is 29.6 Å². The summed E-state index contributed by atoms with van der Waals surface area (Å²) in [5, 5.41) is 20.8. The standard InChI is InChI=1S/C15H22N4O3/c1-10-3-4-12-13(7-10)18-14(17-12)5-6-16-15(22)19(2)8-11(21)9-20/h3-4,7,11,20-21H,5-6,8-9H2,1-2H3,(H,16,22)(H,17,18). The van der Waals surface area contributed by atoms with Gasteiger partial charge in [0, 0.05) is 20.0 Å². The predicted molar refractivity (Wildman–Crippen MR) is 83.7 cm³/mol. The molecular formula is C15H22N4O3. The fourth-order valence-corrected chi connectivity index (χ4v) is 2.17. The third kappa shape index (κ3) is 4.19. The topological polar surface area (TPSA) is 101 Å². The van der Waals surface area contributed by atoms with Gasteiger partial charge in [-0.05, 0) is 24.6 Å². The number of aliphatic hydroxyl groups excluding tert-OH is 2. The molecule has 7 nitrogen and oxygen atoms in total. The minimum absolute atomic E-state index is 0.0895. The number of carbonyl (C=O) groups is 1. The molecule has 0 bridgehead atoms. The number of H-pyrrole nitrogens is 1. The van der Waals surface area contributed by atoms with E-state index in [1.165, 1.54) is 10.5 Å². The van der Waals surface area contributed by atoms with Crippen molar-refractivity contribution >= 4 is 17.1 Å². The van der Waals surface area contributed by atoms with Crippen LogP contribution in [0.25, 0.3) is 11.0 Å². The van der Waals surface area contributed by atoms with Gasteiger partial charge in [-0.1, -0.05) is 6.07 Å². The van der Waals surface area contributed by atoms with Crippen molar-refractivity contribution < 1.29 is 15.0 Å². The zero-order valence-electron chi connectivity index (χ0n) is 12.8. The van der Waals surface area contributed by atoms with Gasteiger partial charge < -0.3 is 25.4 Å². The van der Waals surface area contributed by atoms with Crippen LogP contribution in [0.1, 0.15) is 11.4 Å². The summed E-state index contributed by atoms with van der Waals surface area (Å²) in [4.78, 5) is 20.8. The number of aromatic nitrogens is 2. The van der Waals surface area contributed by atoms with Gasteiger partial charge in [0.25, 0.3) is 0 Å². The Labute approximate surface area is 129 Å². The van der Waals surface area contributed by atoms with Crippen molar-refractivity contribution in [1.82, 2.24) is 20.2 Å². The van der Waals surface area contributed by atoms with Crippen molar-refractivity contribution in [3.8, 4) is 0 Å². The Kier molecular flexibility index (Phi) is 5.35. The molecule has 4 N–H and O–H groups in total. The van der Waals surface area contributed by atoms with Gasteiger partial charge in [-0.25, -0.2) is 9.78 Å². The molecule has 2 aromatic rings. The maximum Gasteiger partial charge on any atom is 0.317 e. The van der Waals surface area contributed by atoms with Crippen LogP contribution in [0.5, 0.6) is 0 Å². The van der Waals surface area contributed by atoms with Gasteiger partial charge in [-0.2, -0.15) is 0 Å². The van der Waals surface area contributed by atoms with Crippen molar-refractivity contribution in [2.75, 3.05) is 26.7 Å². The number of aliphatic hydroxyl groups is 2. The van der Waals surface area contributed by atoms with Crippen molar-refractivity contribution in [1.29, 1.82) is 0 Å². The van der Waals surface area contributed by atoms with E-state index < -0.39 is 6.10 Å². The molecule has 1 heterocycles. The Balaban J connectivity index is 1.83. The number of nitrogens with zero attached hydrogens (tertiary/aromatic N) is 2. The van der Waals surface area contributed by atoms with Crippen LogP contribution >= 0.6 is 0 Å². The molecule has 22 heavy (non-hydrogen) atoms. The molecular weight excluding hydrogens is 284 g/mol. The van der Waals surface area contributed by atoms with E-state index in [0.29, 0.717) is 13.0 Å². The summed E-state index contributed by atoms with van der Waals surface area (Å²) in [7, 11) is 1.57. The van der Waals surface area contributed by atoms with Gasteiger partial charge in [0.2, 0.25) is 0 Å². The highest BCUT2D eigenvalue weighted by Gasteiger charge is 2.12. The van der Waals surface area contributed by atoms with E-state index in [2.05, 4.69) is 15.3 Å². The molecule has 0 spiro atoms. The first-order valence-corrected chi connectivity index (χ1v) is 7.22. The summed E-state index contributed by atoms with van der Waals surface area (Å²) in [5.41, 5.74) is 3.07. The first-order chi connectivity index (χ1) is 10.5. The number of rotatable bonds is 6. The van der Waals surface area contributed by atoms with Gasteiger partial charge in [-0.15, -0.1) is 0 Å². The van der Waals surface area contributed by atoms with Crippen LogP contribution in [0.15, 0.2) is 18.2 Å². The molecule has 0 aliphatic heterocycles. The van der Waals surface area contributed by atoms with E-state index in [-0.39, 0.29) is 19.2 Å². The molecule has 0 saturated carbocycles. The number of amides is 2. The summed E-state index contributed by atoms with van der Waals surface area (Å²) in [5.74, 6) is 0.818. The average molecular weight is 306 g/mol. The Hall–Kier alpha value is -2.12. The van der Waals surface area contributed by atoms with Crippen LogP contribution in [0.2, 0.25) is 0 Å². The molecule has 0 saturated heterocycles. The summed E-state index contributed by atoms with van der Waals surface area (Å²) < 4.78 is 0. The van der Waals surface area contributed by atoms with Gasteiger partial charge in [-0.3, -0.25) is 0 Å². The van der Waals surface area contributed by atoms with E-state index in [1.54, 1.807) is 7.05 Å². The molecule has 2 amide bonds. The van der Waals surface area contributed by atoms with Crippen LogP contribution in [0.4, 0.5) is 4.79 Å². The molecule has 7 heteroatoms. The lowest BCUT2D eigenvalue weighted by atomic mass is 10.2. The van der Waals surface area contributed by atoms with Gasteiger partial charge >= 0.3 is 6.03 Å². The number of hydrogen-bond acceptors (Lipinski definition) is 4. The molecule has 1 atom stereocenters. The Morgan fingerprint density at radius 1 is 1.50 bits per heavy atom. The minimum Gasteiger partial charge on any atom is -0.394 e. The van der Waals surface area contributed by atoms with E-state index in [0.717, 1.165) is 16.9 Å². The molecule has 120 valence electrons. The second-order valence-electron chi connectivity index (χ2n) is 5.40. The highest BCUT2D eigenvalue weighted by molar-refractivity contribution is 5.76. The summed E-state index contributed by atoms with van der Waals surface area (Å²) in [6.45, 7) is 2.19. The predicted octanol–water partition coefficient (Wildman–Crippen LogP) is 0.408. The van der Waals surface area contributed by atoms with Crippen molar-refractivity contribution in [3.63, 3.8) is 0 Å². The van der Waals surface area contributed by atoms with Crippen LogP contribution < -0.4 is 5.32 Å². The number of fused-ring (bicyclic) bond motifs is 1. The fourth-order valence-electron chi connectivity index (χ4n) is 2.17. The average Bonchev–Trinajstić information content (AvgIpc) is 2.88. The molecule has 1 unspecified atom stereocenters. The SMILES string of the molecule is Cc1ccc2nc(CCNC(=O)N(C)CC(O)CO)[nH]c2c1. The Bertz CT molecular complexity index is 641. The maximum atomic E-state index is 11.8. The van der Waals surface area contributed by atoms with Crippen LogP contribution in [-0.4, -0.2) is 64.0 Å². The maximum absolute atomic E-state index is 11.8. The summed E-state index contributed by atoms with van der Waals surface area (Å²) in [6.07, 6.45) is -0.329.